The lowest BCUT2D eigenvalue weighted by molar-refractivity contribution is -0.177. The van der Waals surface area contributed by atoms with Gasteiger partial charge < -0.3 is 14.6 Å². The molecule has 2 fully saturated rings. The highest BCUT2D eigenvalue weighted by molar-refractivity contribution is 5.76. The summed E-state index contributed by atoms with van der Waals surface area (Å²) in [7, 11) is 0. The second-order valence-corrected chi connectivity index (χ2v) is 8.31. The van der Waals surface area contributed by atoms with Crippen LogP contribution in [0.1, 0.15) is 50.4 Å². The first-order valence-corrected chi connectivity index (χ1v) is 9.04. The highest BCUT2D eigenvalue weighted by atomic mass is 16.4. The smallest absolute Gasteiger partial charge is 0.312 e. The fourth-order valence-electron chi connectivity index (χ4n) is 6.31. The summed E-state index contributed by atoms with van der Waals surface area (Å²) in [5, 5.41) is 19.9. The molecule has 0 bridgehead atoms. The van der Waals surface area contributed by atoms with E-state index in [2.05, 4.69) is 13.5 Å². The van der Waals surface area contributed by atoms with Gasteiger partial charge in [-0.15, -0.1) is 0 Å². The Balaban J connectivity index is 1.78. The molecule has 2 N–H and O–H groups in total. The summed E-state index contributed by atoms with van der Waals surface area (Å²) in [6.07, 6.45) is 6.89. The number of carbonyl (C=O) groups is 1. The number of carboxylic acids is 1. The fourth-order valence-corrected chi connectivity index (χ4v) is 6.31. The van der Waals surface area contributed by atoms with Crippen LogP contribution in [0.15, 0.2) is 23.3 Å². The minimum Gasteiger partial charge on any atom is -0.481 e. The van der Waals surface area contributed by atoms with Gasteiger partial charge in [0.05, 0.1) is 18.3 Å². The number of allylic oxidation sites excluding steroid dienone is 1. The minimum atomic E-state index is -0.983. The second kappa shape index (κ2) is 5.22. The number of furan rings is 1. The van der Waals surface area contributed by atoms with Crippen molar-refractivity contribution in [3.8, 4) is 0 Å². The maximum absolute atomic E-state index is 12.1. The average Bonchev–Trinajstić information content (AvgIpc) is 3.03. The van der Waals surface area contributed by atoms with Crippen molar-refractivity contribution in [3.05, 3.63) is 30.2 Å². The Morgan fingerprint density at radius 3 is 2.92 bits per heavy atom. The molecule has 1 heterocycles. The van der Waals surface area contributed by atoms with Crippen LogP contribution >= 0.6 is 0 Å². The van der Waals surface area contributed by atoms with Gasteiger partial charge in [-0.2, -0.15) is 0 Å². The summed E-state index contributed by atoms with van der Waals surface area (Å²) in [6, 6.07) is 2.01. The first kappa shape index (κ1) is 15.9. The van der Waals surface area contributed by atoms with Crippen LogP contribution in [0.2, 0.25) is 0 Å². The Bertz CT molecular complexity index is 690. The van der Waals surface area contributed by atoms with E-state index in [9.17, 15) is 15.0 Å². The van der Waals surface area contributed by atoms with Crippen molar-refractivity contribution in [3.63, 3.8) is 0 Å². The highest BCUT2D eigenvalue weighted by Crippen LogP contribution is 2.64. The number of aliphatic hydroxyl groups is 1. The Kier molecular flexibility index (Phi) is 3.47. The van der Waals surface area contributed by atoms with Gasteiger partial charge in [-0.25, -0.2) is 0 Å². The zero-order chi connectivity index (χ0) is 17.1. The number of fused-ring (bicyclic) bond motifs is 4. The van der Waals surface area contributed by atoms with Crippen LogP contribution < -0.4 is 0 Å². The summed E-state index contributed by atoms with van der Waals surface area (Å²) in [4.78, 5) is 12.1. The molecular weight excluding hydrogens is 304 g/mol. The topological polar surface area (TPSA) is 70.7 Å². The second-order valence-electron chi connectivity index (χ2n) is 8.31. The van der Waals surface area contributed by atoms with Gasteiger partial charge in [0.15, 0.2) is 0 Å². The van der Waals surface area contributed by atoms with Gasteiger partial charge in [0, 0.05) is 12.0 Å². The maximum atomic E-state index is 12.1. The predicted molar refractivity (Wildman–Crippen MR) is 90.3 cm³/mol. The molecule has 4 rings (SSSR count). The van der Waals surface area contributed by atoms with Crippen LogP contribution in [0.3, 0.4) is 0 Å². The zero-order valence-electron chi connectivity index (χ0n) is 14.3. The van der Waals surface area contributed by atoms with Crippen molar-refractivity contribution in [1.82, 2.24) is 0 Å². The molecule has 1 aromatic heterocycles. The molecule has 24 heavy (non-hydrogen) atoms. The third kappa shape index (κ3) is 1.86. The van der Waals surface area contributed by atoms with Crippen LogP contribution in [-0.2, 0) is 11.2 Å². The van der Waals surface area contributed by atoms with Crippen LogP contribution in [0.5, 0.6) is 0 Å². The van der Waals surface area contributed by atoms with Crippen LogP contribution in [-0.4, -0.2) is 22.8 Å². The number of aliphatic hydroxyl groups excluding tert-OH is 1. The molecule has 5 atom stereocenters. The van der Waals surface area contributed by atoms with Gasteiger partial charge in [-0.05, 0) is 60.5 Å². The minimum absolute atomic E-state index is 0.0202. The van der Waals surface area contributed by atoms with E-state index in [1.54, 1.807) is 6.26 Å². The molecule has 2 saturated carbocycles. The highest BCUT2D eigenvalue weighted by Gasteiger charge is 2.61. The van der Waals surface area contributed by atoms with E-state index in [4.69, 9.17) is 4.42 Å². The molecule has 0 saturated heterocycles. The monoisotopic (exact) mass is 330 g/mol. The van der Waals surface area contributed by atoms with Crippen LogP contribution in [0.4, 0.5) is 0 Å². The average molecular weight is 330 g/mol. The number of hydrogen-bond acceptors (Lipinski definition) is 3. The normalized spacial score (nSPS) is 41.2. The van der Waals surface area contributed by atoms with Crippen molar-refractivity contribution in [1.29, 1.82) is 0 Å². The molecule has 130 valence electrons. The largest absolute Gasteiger partial charge is 0.481 e. The number of carboxylic acid groups (broad SMARTS) is 1. The summed E-state index contributed by atoms with van der Waals surface area (Å²) >= 11 is 0. The molecule has 0 radical (unpaired) electrons. The maximum Gasteiger partial charge on any atom is 0.312 e. The summed E-state index contributed by atoms with van der Waals surface area (Å²) < 4.78 is 5.70. The van der Waals surface area contributed by atoms with E-state index in [1.807, 2.05) is 6.07 Å². The SMILES string of the molecule is C=C1c2ccoc2CC2C1CCC1[C@@](CO)(C(=O)O)CCC[C@]21C. The summed E-state index contributed by atoms with van der Waals surface area (Å²) in [5.74, 6) is 0.950. The molecular formula is C20H26O4. The molecule has 1 aromatic rings. The Morgan fingerprint density at radius 2 is 2.21 bits per heavy atom. The van der Waals surface area contributed by atoms with E-state index < -0.39 is 11.4 Å². The van der Waals surface area contributed by atoms with E-state index >= 15 is 0 Å². The van der Waals surface area contributed by atoms with Gasteiger partial charge in [0.25, 0.3) is 0 Å². The molecule has 4 heteroatoms. The van der Waals surface area contributed by atoms with Crippen molar-refractivity contribution in [2.45, 2.75) is 45.4 Å². The Labute approximate surface area is 142 Å². The standard InChI is InChI=1S/C20H26O4/c1-12-13-4-5-17-19(2,7-3-8-20(17,11-21)18(22)23)15(13)10-16-14(12)6-9-24-16/h6,9,13,15,17,21H,1,3-5,7-8,10-11H2,2H3,(H,22,23)/t13?,15?,17?,19-,20-/m1/s1. The van der Waals surface area contributed by atoms with Gasteiger partial charge in [-0.3, -0.25) is 4.79 Å². The molecule has 4 nitrogen and oxygen atoms in total. The Morgan fingerprint density at radius 1 is 1.42 bits per heavy atom. The third-order valence-electron chi connectivity index (χ3n) is 7.55. The van der Waals surface area contributed by atoms with Gasteiger partial charge >= 0.3 is 5.97 Å². The first-order valence-electron chi connectivity index (χ1n) is 9.04. The zero-order valence-corrected chi connectivity index (χ0v) is 14.3. The molecule has 0 aliphatic heterocycles. The lowest BCUT2D eigenvalue weighted by Crippen LogP contribution is -2.58. The van der Waals surface area contributed by atoms with E-state index in [-0.39, 0.29) is 17.9 Å². The van der Waals surface area contributed by atoms with Crippen molar-refractivity contribution >= 4 is 11.5 Å². The summed E-state index contributed by atoms with van der Waals surface area (Å²) in [5.41, 5.74) is 1.24. The molecule has 3 aliphatic rings. The summed E-state index contributed by atoms with van der Waals surface area (Å²) in [6.45, 7) is 6.34. The quantitative estimate of drug-likeness (QED) is 0.866. The molecule has 3 aliphatic carbocycles. The molecule has 0 amide bonds. The van der Waals surface area contributed by atoms with Gasteiger partial charge in [0.1, 0.15) is 5.76 Å². The van der Waals surface area contributed by atoms with E-state index in [1.165, 1.54) is 0 Å². The fraction of sp³-hybridized carbons (Fsp3) is 0.650. The lowest BCUT2D eigenvalue weighted by atomic mass is 9.43. The van der Waals surface area contributed by atoms with Gasteiger partial charge in [-0.1, -0.05) is 19.9 Å². The van der Waals surface area contributed by atoms with Crippen molar-refractivity contribution in [2.24, 2.45) is 28.6 Å². The predicted octanol–water partition coefficient (Wildman–Crippen LogP) is 3.74. The van der Waals surface area contributed by atoms with E-state index in [0.29, 0.717) is 18.3 Å². The van der Waals surface area contributed by atoms with Crippen molar-refractivity contribution < 1.29 is 19.4 Å². The van der Waals surface area contributed by atoms with Crippen LogP contribution in [0.25, 0.3) is 5.57 Å². The molecule has 0 aromatic carbocycles. The molecule has 3 unspecified atom stereocenters. The van der Waals surface area contributed by atoms with Gasteiger partial charge in [0.2, 0.25) is 0 Å². The van der Waals surface area contributed by atoms with E-state index in [0.717, 1.165) is 49.0 Å². The lowest BCUT2D eigenvalue weighted by Gasteiger charge is -2.60. The number of rotatable bonds is 2. The Hall–Kier alpha value is -1.55. The first-order chi connectivity index (χ1) is 11.4. The number of aliphatic carboxylic acids is 1. The van der Waals surface area contributed by atoms with Crippen LogP contribution in [0, 0.1) is 28.6 Å². The third-order valence-corrected chi connectivity index (χ3v) is 7.55. The van der Waals surface area contributed by atoms with Crippen molar-refractivity contribution in [2.75, 3.05) is 6.61 Å². The molecule has 0 spiro atoms. The number of hydrogen-bond donors (Lipinski definition) is 2.